The largest absolute Gasteiger partial charge is 0.397 e. The fourth-order valence-corrected chi connectivity index (χ4v) is 1.82. The van der Waals surface area contributed by atoms with Crippen LogP contribution in [0.25, 0.3) is 0 Å². The van der Waals surface area contributed by atoms with Gasteiger partial charge >= 0.3 is 0 Å². The highest BCUT2D eigenvalue weighted by molar-refractivity contribution is 5.96. The molecule has 4 N–H and O–H groups in total. The molecule has 4 nitrogen and oxygen atoms in total. The topological polar surface area (TPSA) is 67.2 Å². The molecule has 0 heterocycles. The van der Waals surface area contributed by atoms with E-state index < -0.39 is 11.6 Å². The summed E-state index contributed by atoms with van der Waals surface area (Å²) in [5.74, 6) is -1.61. The van der Waals surface area contributed by atoms with Crippen LogP contribution < -0.4 is 16.4 Å². The Morgan fingerprint density at radius 3 is 2.48 bits per heavy atom. The second-order valence-electron chi connectivity index (χ2n) is 4.41. The van der Waals surface area contributed by atoms with Gasteiger partial charge in [0.05, 0.1) is 17.1 Å². The zero-order valence-corrected chi connectivity index (χ0v) is 11.4. The Balaban J connectivity index is 2.23. The van der Waals surface area contributed by atoms with Gasteiger partial charge in [-0.2, -0.15) is 0 Å². The summed E-state index contributed by atoms with van der Waals surface area (Å²) in [6, 6.07) is 7.84. The third-order valence-corrected chi connectivity index (χ3v) is 2.85. The lowest BCUT2D eigenvalue weighted by molar-refractivity contribution is 0.0956. The Hall–Kier alpha value is -2.63. The van der Waals surface area contributed by atoms with Crippen LogP contribution in [0.5, 0.6) is 0 Å². The van der Waals surface area contributed by atoms with Crippen molar-refractivity contribution < 1.29 is 13.6 Å². The molecular formula is C15H15F2N3O. The van der Waals surface area contributed by atoms with Gasteiger partial charge in [0.1, 0.15) is 11.6 Å². The number of anilines is 3. The van der Waals surface area contributed by atoms with Crippen molar-refractivity contribution in [2.75, 3.05) is 17.6 Å². The van der Waals surface area contributed by atoms with E-state index in [0.717, 1.165) is 12.1 Å². The maximum atomic E-state index is 13.6. The SMILES string of the molecule is CCNC(=O)c1ccc(Nc2ccc(F)cc2F)c(N)c1. The quantitative estimate of drug-likeness (QED) is 0.758. The minimum atomic E-state index is -0.720. The van der Waals surface area contributed by atoms with Crippen LogP contribution in [0.4, 0.5) is 25.8 Å². The zero-order chi connectivity index (χ0) is 15.4. The van der Waals surface area contributed by atoms with Crippen LogP contribution in [0.15, 0.2) is 36.4 Å². The van der Waals surface area contributed by atoms with Crippen LogP contribution in [0.2, 0.25) is 0 Å². The van der Waals surface area contributed by atoms with Crippen molar-refractivity contribution in [1.29, 1.82) is 0 Å². The van der Waals surface area contributed by atoms with Gasteiger partial charge < -0.3 is 16.4 Å². The number of hydrogen-bond acceptors (Lipinski definition) is 3. The van der Waals surface area contributed by atoms with Gasteiger partial charge in [0.25, 0.3) is 5.91 Å². The third-order valence-electron chi connectivity index (χ3n) is 2.85. The van der Waals surface area contributed by atoms with Crippen molar-refractivity contribution in [3.05, 3.63) is 53.6 Å². The molecule has 0 atom stereocenters. The van der Waals surface area contributed by atoms with Crippen molar-refractivity contribution in [3.63, 3.8) is 0 Å². The second-order valence-corrected chi connectivity index (χ2v) is 4.41. The minimum Gasteiger partial charge on any atom is -0.397 e. The van der Waals surface area contributed by atoms with Gasteiger partial charge in [-0.15, -0.1) is 0 Å². The van der Waals surface area contributed by atoms with E-state index in [1.165, 1.54) is 12.1 Å². The zero-order valence-electron chi connectivity index (χ0n) is 11.4. The van der Waals surface area contributed by atoms with Crippen LogP contribution in [0.3, 0.4) is 0 Å². The van der Waals surface area contributed by atoms with Crippen molar-refractivity contribution in [3.8, 4) is 0 Å². The number of rotatable bonds is 4. The van der Waals surface area contributed by atoms with Gasteiger partial charge in [0.2, 0.25) is 0 Å². The van der Waals surface area contributed by atoms with E-state index in [1.807, 2.05) is 6.92 Å². The van der Waals surface area contributed by atoms with Gasteiger partial charge in [-0.05, 0) is 37.3 Å². The van der Waals surface area contributed by atoms with E-state index in [9.17, 15) is 13.6 Å². The summed E-state index contributed by atoms with van der Waals surface area (Å²) in [5, 5.41) is 5.42. The Kier molecular flexibility index (Phi) is 4.37. The Bertz CT molecular complexity index is 674. The van der Waals surface area contributed by atoms with E-state index in [2.05, 4.69) is 10.6 Å². The van der Waals surface area contributed by atoms with Crippen LogP contribution in [-0.2, 0) is 0 Å². The number of benzene rings is 2. The molecule has 2 aromatic carbocycles. The van der Waals surface area contributed by atoms with Crippen LogP contribution in [0, 0.1) is 11.6 Å². The average molecular weight is 291 g/mol. The summed E-state index contributed by atoms with van der Waals surface area (Å²) in [4.78, 5) is 11.7. The second kappa shape index (κ2) is 6.21. The molecule has 2 aromatic rings. The van der Waals surface area contributed by atoms with Gasteiger partial charge in [0.15, 0.2) is 0 Å². The molecule has 0 aromatic heterocycles. The molecule has 0 radical (unpaired) electrons. The van der Waals surface area contributed by atoms with Crippen LogP contribution >= 0.6 is 0 Å². The fraction of sp³-hybridized carbons (Fsp3) is 0.133. The maximum absolute atomic E-state index is 13.6. The summed E-state index contributed by atoms with van der Waals surface area (Å²) in [6.45, 7) is 2.33. The first-order valence-corrected chi connectivity index (χ1v) is 6.41. The van der Waals surface area contributed by atoms with Crippen molar-refractivity contribution in [2.24, 2.45) is 0 Å². The monoisotopic (exact) mass is 291 g/mol. The van der Waals surface area contributed by atoms with Crippen LogP contribution in [-0.4, -0.2) is 12.5 Å². The molecule has 6 heteroatoms. The fourth-order valence-electron chi connectivity index (χ4n) is 1.82. The molecule has 0 saturated carbocycles. The first-order chi connectivity index (χ1) is 10.0. The number of halogens is 2. The molecule has 1 amide bonds. The lowest BCUT2D eigenvalue weighted by Crippen LogP contribution is -2.22. The highest BCUT2D eigenvalue weighted by atomic mass is 19.1. The van der Waals surface area contributed by atoms with E-state index in [4.69, 9.17) is 5.73 Å². The minimum absolute atomic E-state index is 0.105. The molecule has 0 bridgehead atoms. The number of carbonyl (C=O) groups is 1. The molecule has 0 aliphatic carbocycles. The van der Waals surface area contributed by atoms with Gasteiger partial charge in [-0.3, -0.25) is 4.79 Å². The molecular weight excluding hydrogens is 276 g/mol. The number of carbonyl (C=O) groups excluding carboxylic acids is 1. The molecule has 21 heavy (non-hydrogen) atoms. The average Bonchev–Trinajstić information content (AvgIpc) is 2.44. The summed E-state index contributed by atoms with van der Waals surface area (Å²) in [6.07, 6.45) is 0. The summed E-state index contributed by atoms with van der Waals surface area (Å²) in [5.41, 5.74) is 7.10. The molecule has 2 rings (SSSR count). The number of nitrogen functional groups attached to an aromatic ring is 1. The molecule has 0 aliphatic rings. The molecule has 0 fully saturated rings. The highest BCUT2D eigenvalue weighted by Crippen LogP contribution is 2.26. The summed E-state index contributed by atoms with van der Waals surface area (Å²) in [7, 11) is 0. The van der Waals surface area contributed by atoms with Crippen LogP contribution in [0.1, 0.15) is 17.3 Å². The van der Waals surface area contributed by atoms with Crippen molar-refractivity contribution in [1.82, 2.24) is 5.32 Å². The van der Waals surface area contributed by atoms with Gasteiger partial charge in [-0.1, -0.05) is 0 Å². The predicted octanol–water partition coefficient (Wildman–Crippen LogP) is 3.04. The highest BCUT2D eigenvalue weighted by Gasteiger charge is 2.09. The maximum Gasteiger partial charge on any atom is 0.251 e. The van der Waals surface area contributed by atoms with Gasteiger partial charge in [0, 0.05) is 18.2 Å². The molecule has 0 aliphatic heterocycles. The Labute approximate surface area is 121 Å². The standard InChI is InChI=1S/C15H15F2N3O/c1-2-19-15(21)9-3-5-14(12(18)7-9)20-13-6-4-10(16)8-11(13)17/h3-8,20H,2,18H2,1H3,(H,19,21). The lowest BCUT2D eigenvalue weighted by atomic mass is 10.1. The lowest BCUT2D eigenvalue weighted by Gasteiger charge is -2.11. The van der Waals surface area contributed by atoms with E-state index in [0.29, 0.717) is 23.5 Å². The molecule has 0 saturated heterocycles. The smallest absolute Gasteiger partial charge is 0.251 e. The van der Waals surface area contributed by atoms with E-state index in [1.54, 1.807) is 12.1 Å². The number of nitrogens with two attached hydrogens (primary N) is 1. The Morgan fingerprint density at radius 2 is 1.86 bits per heavy atom. The number of nitrogens with one attached hydrogen (secondary N) is 2. The molecule has 0 unspecified atom stereocenters. The number of amides is 1. The van der Waals surface area contributed by atoms with Crippen molar-refractivity contribution in [2.45, 2.75) is 6.92 Å². The van der Waals surface area contributed by atoms with Gasteiger partial charge in [-0.25, -0.2) is 8.78 Å². The first-order valence-electron chi connectivity index (χ1n) is 6.41. The number of hydrogen-bond donors (Lipinski definition) is 3. The summed E-state index contributed by atoms with van der Waals surface area (Å²) >= 11 is 0. The first kappa shape index (κ1) is 14.8. The molecule has 110 valence electrons. The molecule has 0 spiro atoms. The Morgan fingerprint density at radius 1 is 1.14 bits per heavy atom. The summed E-state index contributed by atoms with van der Waals surface area (Å²) < 4.78 is 26.4. The van der Waals surface area contributed by atoms with Crippen molar-refractivity contribution >= 4 is 23.0 Å². The van der Waals surface area contributed by atoms with E-state index in [-0.39, 0.29) is 11.6 Å². The third kappa shape index (κ3) is 3.47. The predicted molar refractivity (Wildman–Crippen MR) is 78.5 cm³/mol. The normalized spacial score (nSPS) is 10.2. The van der Waals surface area contributed by atoms with E-state index >= 15 is 0 Å².